The van der Waals surface area contributed by atoms with Gasteiger partial charge in [0.2, 0.25) is 15.9 Å². The van der Waals surface area contributed by atoms with Crippen molar-refractivity contribution in [3.05, 3.63) is 57.6 Å². The van der Waals surface area contributed by atoms with Gasteiger partial charge in [0.05, 0.1) is 29.7 Å². The van der Waals surface area contributed by atoms with Crippen LogP contribution >= 0.6 is 11.6 Å². The lowest BCUT2D eigenvalue weighted by atomic mass is 10.1. The summed E-state index contributed by atoms with van der Waals surface area (Å²) in [6.45, 7) is 1.65. The highest BCUT2D eigenvalue weighted by Gasteiger charge is 2.32. The number of sulfonamides is 1. The zero-order valence-electron chi connectivity index (χ0n) is 16.0. The Hall–Kier alpha value is -2.85. The number of nitro benzene ring substituents is 1. The highest BCUT2D eigenvalue weighted by molar-refractivity contribution is 7.92. The van der Waals surface area contributed by atoms with Crippen LogP contribution in [0.25, 0.3) is 0 Å². The number of hydrogen-bond acceptors (Lipinski definition) is 6. The summed E-state index contributed by atoms with van der Waals surface area (Å²) >= 11 is 5.98. The van der Waals surface area contributed by atoms with E-state index in [-0.39, 0.29) is 29.2 Å². The molecule has 2 rings (SSSR count). The summed E-state index contributed by atoms with van der Waals surface area (Å²) in [4.78, 5) is 23.4. The molecule has 0 spiro atoms. The maximum Gasteiger partial charge on any atom is 0.271 e. The highest BCUT2D eigenvalue weighted by atomic mass is 35.5. The average molecular weight is 442 g/mol. The van der Waals surface area contributed by atoms with E-state index in [9.17, 15) is 23.3 Å². The fourth-order valence-corrected chi connectivity index (χ4v) is 4.18. The molecule has 0 aromatic heterocycles. The van der Waals surface area contributed by atoms with Crippen LogP contribution in [0.5, 0.6) is 5.75 Å². The van der Waals surface area contributed by atoms with Gasteiger partial charge in [-0.05, 0) is 30.7 Å². The Morgan fingerprint density at radius 2 is 2.00 bits per heavy atom. The predicted molar refractivity (Wildman–Crippen MR) is 111 cm³/mol. The summed E-state index contributed by atoms with van der Waals surface area (Å²) in [6.07, 6.45) is 1.13. The molecule has 0 fully saturated rings. The predicted octanol–water partition coefficient (Wildman–Crippen LogP) is 3.44. The molecule has 0 bridgehead atoms. The van der Waals surface area contributed by atoms with Crippen molar-refractivity contribution in [2.24, 2.45) is 0 Å². The second-order valence-electron chi connectivity index (χ2n) is 6.09. The van der Waals surface area contributed by atoms with Gasteiger partial charge in [-0.3, -0.25) is 19.2 Å². The second kappa shape index (κ2) is 9.10. The molecule has 29 heavy (non-hydrogen) atoms. The van der Waals surface area contributed by atoms with Crippen LogP contribution in [0, 0.1) is 10.1 Å². The summed E-state index contributed by atoms with van der Waals surface area (Å²) in [5.74, 6) is -0.468. The summed E-state index contributed by atoms with van der Waals surface area (Å²) in [5.41, 5.74) is 0.0432. The van der Waals surface area contributed by atoms with Gasteiger partial charge in [0.15, 0.2) is 0 Å². The molecular weight excluding hydrogens is 422 g/mol. The molecule has 1 unspecified atom stereocenters. The van der Waals surface area contributed by atoms with Crippen LogP contribution in [0.3, 0.4) is 0 Å². The van der Waals surface area contributed by atoms with E-state index in [0.717, 1.165) is 16.6 Å². The van der Waals surface area contributed by atoms with Crippen molar-refractivity contribution >= 4 is 44.6 Å². The number of benzene rings is 2. The molecule has 0 saturated heterocycles. The van der Waals surface area contributed by atoms with Crippen LogP contribution in [-0.4, -0.2) is 38.7 Å². The number of non-ortho nitro benzene ring substituents is 1. The number of anilines is 2. The van der Waals surface area contributed by atoms with Gasteiger partial charge in [-0.25, -0.2) is 8.42 Å². The number of nitrogens with one attached hydrogen (secondary N) is 1. The molecule has 1 atom stereocenters. The third-order valence-corrected chi connectivity index (χ3v) is 5.46. The van der Waals surface area contributed by atoms with Crippen LogP contribution in [0.4, 0.5) is 17.1 Å². The van der Waals surface area contributed by atoms with Gasteiger partial charge in [-0.2, -0.15) is 0 Å². The van der Waals surface area contributed by atoms with Crippen LogP contribution < -0.4 is 14.4 Å². The molecule has 0 aliphatic carbocycles. The lowest BCUT2D eigenvalue weighted by molar-refractivity contribution is -0.384. The largest absolute Gasteiger partial charge is 0.495 e. The number of rotatable bonds is 8. The number of hydrogen-bond donors (Lipinski definition) is 1. The number of nitro groups is 1. The molecule has 0 aliphatic heterocycles. The minimum Gasteiger partial charge on any atom is -0.495 e. The Morgan fingerprint density at radius 3 is 2.52 bits per heavy atom. The maximum absolute atomic E-state index is 13.0. The monoisotopic (exact) mass is 441 g/mol. The van der Waals surface area contributed by atoms with Crippen LogP contribution in [-0.2, 0) is 14.8 Å². The van der Waals surface area contributed by atoms with E-state index < -0.39 is 26.9 Å². The minimum absolute atomic E-state index is 0.0599. The molecule has 0 saturated carbocycles. The summed E-state index contributed by atoms with van der Waals surface area (Å²) in [7, 11) is -2.50. The normalized spacial score (nSPS) is 12.1. The summed E-state index contributed by atoms with van der Waals surface area (Å²) in [5, 5.41) is 13.9. The van der Waals surface area contributed by atoms with E-state index in [1.165, 1.54) is 31.4 Å². The molecule has 2 aromatic carbocycles. The van der Waals surface area contributed by atoms with Crippen LogP contribution in [0.15, 0.2) is 42.5 Å². The molecule has 9 nitrogen and oxygen atoms in total. The molecule has 1 amide bonds. The van der Waals surface area contributed by atoms with Crippen molar-refractivity contribution in [3.8, 4) is 5.75 Å². The fourth-order valence-electron chi connectivity index (χ4n) is 2.80. The third-order valence-electron chi connectivity index (χ3n) is 4.04. The maximum atomic E-state index is 13.0. The Balaban J connectivity index is 2.45. The summed E-state index contributed by atoms with van der Waals surface area (Å²) < 4.78 is 31.0. The number of carbonyl (C=O) groups is 1. The van der Waals surface area contributed by atoms with E-state index in [0.29, 0.717) is 5.02 Å². The third kappa shape index (κ3) is 5.36. The van der Waals surface area contributed by atoms with Gasteiger partial charge < -0.3 is 10.1 Å². The van der Waals surface area contributed by atoms with E-state index in [2.05, 4.69) is 5.32 Å². The molecular formula is C18H20ClN3O6S. The van der Waals surface area contributed by atoms with Crippen molar-refractivity contribution < 1.29 is 22.9 Å². The number of carbonyl (C=O) groups excluding carboxylic acids is 1. The van der Waals surface area contributed by atoms with E-state index in [1.807, 2.05) is 0 Å². The first-order valence-corrected chi connectivity index (χ1v) is 10.7. The standard InChI is InChI=1S/C18H20ClN3O6S/c1-4-16(21(29(3,26)27)13-7-5-6-12(19)10-13)18(23)20-15-11-14(22(24)25)8-9-17(15)28-2/h5-11,16H,4H2,1-3H3,(H,20,23). The SMILES string of the molecule is CCC(C(=O)Nc1cc([N+](=O)[O-])ccc1OC)N(c1cccc(Cl)c1)S(C)(=O)=O. The molecule has 156 valence electrons. The van der Waals surface area contributed by atoms with Gasteiger partial charge in [0.25, 0.3) is 5.69 Å². The van der Waals surface area contributed by atoms with Crippen molar-refractivity contribution in [3.63, 3.8) is 0 Å². The number of ether oxygens (including phenoxy) is 1. The smallest absolute Gasteiger partial charge is 0.271 e. The molecule has 0 aliphatic rings. The van der Waals surface area contributed by atoms with E-state index in [4.69, 9.17) is 16.3 Å². The lowest BCUT2D eigenvalue weighted by Crippen LogP contribution is -2.47. The first-order valence-electron chi connectivity index (χ1n) is 8.46. The fraction of sp³-hybridized carbons (Fsp3) is 0.278. The van der Waals surface area contributed by atoms with Gasteiger partial charge in [0, 0.05) is 17.2 Å². The number of halogens is 1. The Morgan fingerprint density at radius 1 is 1.31 bits per heavy atom. The van der Waals surface area contributed by atoms with Crippen molar-refractivity contribution in [2.75, 3.05) is 23.0 Å². The molecule has 2 aromatic rings. The van der Waals surface area contributed by atoms with Gasteiger partial charge >= 0.3 is 0 Å². The zero-order valence-corrected chi connectivity index (χ0v) is 17.5. The van der Waals surface area contributed by atoms with Crippen molar-refractivity contribution in [2.45, 2.75) is 19.4 Å². The van der Waals surface area contributed by atoms with Gasteiger partial charge in [-0.1, -0.05) is 24.6 Å². The molecule has 1 N–H and O–H groups in total. The quantitative estimate of drug-likeness (QED) is 0.495. The highest BCUT2D eigenvalue weighted by Crippen LogP contribution is 2.30. The van der Waals surface area contributed by atoms with Crippen molar-refractivity contribution in [1.29, 1.82) is 0 Å². The number of nitrogens with zero attached hydrogens (tertiary/aromatic N) is 2. The van der Waals surface area contributed by atoms with E-state index in [1.54, 1.807) is 19.1 Å². The number of amides is 1. The first-order chi connectivity index (χ1) is 13.6. The lowest BCUT2D eigenvalue weighted by Gasteiger charge is -2.30. The molecule has 11 heteroatoms. The minimum atomic E-state index is -3.85. The average Bonchev–Trinajstić information content (AvgIpc) is 2.64. The van der Waals surface area contributed by atoms with Gasteiger partial charge in [-0.15, -0.1) is 0 Å². The van der Waals surface area contributed by atoms with Gasteiger partial charge in [0.1, 0.15) is 11.8 Å². The Labute approximate surface area is 173 Å². The zero-order chi connectivity index (χ0) is 21.8. The van der Waals surface area contributed by atoms with E-state index >= 15 is 0 Å². The van der Waals surface area contributed by atoms with Crippen LogP contribution in [0.1, 0.15) is 13.3 Å². The molecule has 0 heterocycles. The second-order valence-corrected chi connectivity index (χ2v) is 8.39. The number of methoxy groups -OCH3 is 1. The van der Waals surface area contributed by atoms with Crippen molar-refractivity contribution in [1.82, 2.24) is 0 Å². The summed E-state index contributed by atoms with van der Waals surface area (Å²) in [6, 6.07) is 8.73. The van der Waals surface area contributed by atoms with Crippen LogP contribution in [0.2, 0.25) is 5.02 Å². The first kappa shape index (κ1) is 22.4. The Bertz CT molecular complexity index is 1030. The topological polar surface area (TPSA) is 119 Å². The molecule has 0 radical (unpaired) electrons. The Kier molecular flexibility index (Phi) is 7.04.